The number of carbonyl (C=O) groups excluding carboxylic acids is 2. The van der Waals surface area contributed by atoms with Crippen molar-refractivity contribution >= 4 is 17.8 Å². The quantitative estimate of drug-likeness (QED) is 0.391. The Kier molecular flexibility index (Phi) is 7.09. The monoisotopic (exact) mass is 401 g/mol. The fourth-order valence-corrected chi connectivity index (χ4v) is 4.17. The van der Waals surface area contributed by atoms with Crippen molar-refractivity contribution in [3.8, 4) is 0 Å². The molecule has 2 fully saturated rings. The Morgan fingerprint density at radius 2 is 2.00 bits per heavy atom. The summed E-state index contributed by atoms with van der Waals surface area (Å²) in [6.07, 6.45) is 3.56. The third-order valence-electron chi connectivity index (χ3n) is 6.00. The number of amides is 2. The minimum Gasteiger partial charge on any atom is -0.395 e. The van der Waals surface area contributed by atoms with Gasteiger partial charge in [0.2, 0.25) is 11.8 Å². The summed E-state index contributed by atoms with van der Waals surface area (Å²) in [6.45, 7) is 2.40. The van der Waals surface area contributed by atoms with Gasteiger partial charge in [-0.05, 0) is 37.2 Å². The SMILES string of the molecule is N=C(N)N1CCCC(CCNC(=O)C2CCN2C(=O)[C@H](CO)c2ccccc2)C1. The predicted molar refractivity (Wildman–Crippen MR) is 110 cm³/mol. The van der Waals surface area contributed by atoms with E-state index in [1.807, 2.05) is 35.2 Å². The molecule has 5 N–H and O–H groups in total. The Morgan fingerprint density at radius 1 is 1.24 bits per heavy atom. The zero-order valence-corrected chi connectivity index (χ0v) is 16.7. The summed E-state index contributed by atoms with van der Waals surface area (Å²) in [4.78, 5) is 28.9. The Labute approximate surface area is 171 Å². The molecule has 2 aliphatic heterocycles. The smallest absolute Gasteiger partial charge is 0.242 e. The molecule has 1 aromatic rings. The number of benzene rings is 1. The van der Waals surface area contributed by atoms with E-state index in [-0.39, 0.29) is 24.4 Å². The number of hydrogen-bond donors (Lipinski definition) is 4. The number of piperidine rings is 1. The Balaban J connectivity index is 1.47. The van der Waals surface area contributed by atoms with Crippen molar-refractivity contribution in [2.24, 2.45) is 11.7 Å². The molecule has 29 heavy (non-hydrogen) atoms. The number of nitrogens with zero attached hydrogens (tertiary/aromatic N) is 2. The van der Waals surface area contributed by atoms with Crippen molar-refractivity contribution in [2.45, 2.75) is 37.6 Å². The van der Waals surface area contributed by atoms with E-state index in [2.05, 4.69) is 5.32 Å². The van der Waals surface area contributed by atoms with Crippen molar-refractivity contribution in [1.82, 2.24) is 15.1 Å². The molecule has 2 unspecified atom stereocenters. The molecule has 2 heterocycles. The molecule has 2 aliphatic rings. The van der Waals surface area contributed by atoms with E-state index in [9.17, 15) is 14.7 Å². The molecule has 0 radical (unpaired) electrons. The molecule has 0 bridgehead atoms. The molecule has 3 atom stereocenters. The van der Waals surface area contributed by atoms with E-state index in [0.717, 1.165) is 37.9 Å². The maximum Gasteiger partial charge on any atom is 0.242 e. The lowest BCUT2D eigenvalue weighted by atomic mass is 9.93. The van der Waals surface area contributed by atoms with Gasteiger partial charge in [-0.1, -0.05) is 30.3 Å². The highest BCUT2D eigenvalue weighted by molar-refractivity contribution is 5.92. The number of rotatable bonds is 7. The first-order chi connectivity index (χ1) is 14.0. The third kappa shape index (κ3) is 5.06. The fraction of sp³-hybridized carbons (Fsp3) is 0.571. The Morgan fingerprint density at radius 3 is 2.62 bits per heavy atom. The molecule has 1 aromatic carbocycles. The summed E-state index contributed by atoms with van der Waals surface area (Å²) >= 11 is 0. The second-order valence-corrected chi connectivity index (χ2v) is 7.90. The fourth-order valence-electron chi connectivity index (χ4n) is 4.17. The van der Waals surface area contributed by atoms with E-state index >= 15 is 0 Å². The molecule has 0 saturated carbocycles. The molecule has 2 amide bonds. The van der Waals surface area contributed by atoms with Gasteiger partial charge in [-0.15, -0.1) is 0 Å². The molecular weight excluding hydrogens is 370 g/mol. The van der Waals surface area contributed by atoms with Crippen molar-refractivity contribution in [3.63, 3.8) is 0 Å². The first-order valence-electron chi connectivity index (χ1n) is 10.3. The van der Waals surface area contributed by atoms with Crippen LogP contribution in [0.1, 0.15) is 37.2 Å². The van der Waals surface area contributed by atoms with Crippen LogP contribution in [0.2, 0.25) is 0 Å². The second-order valence-electron chi connectivity index (χ2n) is 7.90. The van der Waals surface area contributed by atoms with Crippen molar-refractivity contribution in [2.75, 3.05) is 32.8 Å². The Bertz CT molecular complexity index is 726. The average molecular weight is 402 g/mol. The highest BCUT2D eigenvalue weighted by Crippen LogP contribution is 2.26. The van der Waals surface area contributed by atoms with Crippen molar-refractivity contribution < 1.29 is 14.7 Å². The van der Waals surface area contributed by atoms with Crippen LogP contribution in [0.5, 0.6) is 0 Å². The molecule has 8 heteroatoms. The number of likely N-dealkylation sites (tertiary alicyclic amines) is 2. The van der Waals surface area contributed by atoms with Crippen LogP contribution < -0.4 is 11.1 Å². The van der Waals surface area contributed by atoms with E-state index in [1.165, 1.54) is 0 Å². The van der Waals surface area contributed by atoms with Gasteiger partial charge in [0.1, 0.15) is 6.04 Å². The van der Waals surface area contributed by atoms with E-state index in [1.54, 1.807) is 4.90 Å². The first kappa shape index (κ1) is 21.1. The van der Waals surface area contributed by atoms with E-state index < -0.39 is 12.0 Å². The van der Waals surface area contributed by atoms with Crippen LogP contribution in [0.4, 0.5) is 0 Å². The molecule has 3 rings (SSSR count). The molecule has 2 saturated heterocycles. The summed E-state index contributed by atoms with van der Waals surface area (Å²) in [5, 5.41) is 20.2. The molecule has 8 nitrogen and oxygen atoms in total. The molecule has 0 aromatic heterocycles. The van der Waals surface area contributed by atoms with Gasteiger partial charge in [0.15, 0.2) is 5.96 Å². The van der Waals surface area contributed by atoms with Crippen LogP contribution in [0, 0.1) is 11.3 Å². The zero-order valence-electron chi connectivity index (χ0n) is 16.7. The van der Waals surface area contributed by atoms with E-state index in [4.69, 9.17) is 11.1 Å². The first-order valence-corrected chi connectivity index (χ1v) is 10.3. The topological polar surface area (TPSA) is 123 Å². The van der Waals surface area contributed by atoms with Crippen LogP contribution >= 0.6 is 0 Å². The maximum absolute atomic E-state index is 12.8. The summed E-state index contributed by atoms with van der Waals surface area (Å²) in [5.74, 6) is -0.446. The van der Waals surface area contributed by atoms with Crippen LogP contribution in [-0.2, 0) is 9.59 Å². The number of aliphatic hydroxyl groups excluding tert-OH is 1. The van der Waals surface area contributed by atoms with Gasteiger partial charge < -0.3 is 26.0 Å². The van der Waals surface area contributed by atoms with Gasteiger partial charge in [0.25, 0.3) is 0 Å². The van der Waals surface area contributed by atoms with Gasteiger partial charge in [0, 0.05) is 26.2 Å². The number of guanidine groups is 1. The zero-order chi connectivity index (χ0) is 20.8. The highest BCUT2D eigenvalue weighted by atomic mass is 16.3. The van der Waals surface area contributed by atoms with Gasteiger partial charge in [-0.3, -0.25) is 15.0 Å². The lowest BCUT2D eigenvalue weighted by Gasteiger charge is -2.41. The van der Waals surface area contributed by atoms with Gasteiger partial charge in [-0.2, -0.15) is 0 Å². The van der Waals surface area contributed by atoms with Crippen LogP contribution in [0.3, 0.4) is 0 Å². The van der Waals surface area contributed by atoms with Crippen LogP contribution in [-0.4, -0.2) is 71.5 Å². The Hall–Kier alpha value is -2.61. The third-order valence-corrected chi connectivity index (χ3v) is 6.00. The molecule has 0 spiro atoms. The second kappa shape index (κ2) is 9.73. The number of nitrogens with two attached hydrogens (primary N) is 1. The molecular formula is C21H31N5O3. The number of hydrogen-bond acceptors (Lipinski definition) is 4. The van der Waals surface area contributed by atoms with Crippen LogP contribution in [0.25, 0.3) is 0 Å². The average Bonchev–Trinajstić information content (AvgIpc) is 2.69. The lowest BCUT2D eigenvalue weighted by molar-refractivity contribution is -0.149. The minimum absolute atomic E-state index is 0.110. The highest BCUT2D eigenvalue weighted by Gasteiger charge is 2.40. The normalized spacial score (nSPS) is 22.5. The standard InChI is InChI=1S/C21H31N5O3/c22-21(23)25-11-4-5-15(13-25)8-10-24-19(28)18-9-12-26(18)20(29)17(14-27)16-6-2-1-3-7-16/h1-3,6-7,15,17-18,27H,4-5,8-14H2,(H3,22,23)(H,24,28)/t15?,17-,18?/m1/s1. The summed E-state index contributed by atoms with van der Waals surface area (Å²) < 4.78 is 0. The van der Waals surface area contributed by atoms with Gasteiger partial charge in [0.05, 0.1) is 12.5 Å². The maximum atomic E-state index is 12.8. The molecule has 158 valence electrons. The number of aliphatic hydroxyl groups is 1. The number of nitrogens with one attached hydrogen (secondary N) is 2. The van der Waals surface area contributed by atoms with Crippen LogP contribution in [0.15, 0.2) is 30.3 Å². The molecule has 0 aliphatic carbocycles. The summed E-state index contributed by atoms with van der Waals surface area (Å²) in [5.41, 5.74) is 6.34. The van der Waals surface area contributed by atoms with Gasteiger partial charge in [-0.25, -0.2) is 0 Å². The minimum atomic E-state index is -0.633. The van der Waals surface area contributed by atoms with Crippen molar-refractivity contribution in [3.05, 3.63) is 35.9 Å². The van der Waals surface area contributed by atoms with Gasteiger partial charge >= 0.3 is 0 Å². The largest absolute Gasteiger partial charge is 0.395 e. The number of carbonyl (C=O) groups is 2. The van der Waals surface area contributed by atoms with Crippen molar-refractivity contribution in [1.29, 1.82) is 5.41 Å². The summed E-state index contributed by atoms with van der Waals surface area (Å²) in [7, 11) is 0. The predicted octanol–water partition coefficient (Wildman–Crippen LogP) is 0.475. The van der Waals surface area contributed by atoms with E-state index in [0.29, 0.717) is 25.4 Å². The summed E-state index contributed by atoms with van der Waals surface area (Å²) in [6, 6.07) is 8.73. The lowest BCUT2D eigenvalue weighted by Crippen LogP contribution is -2.59.